The van der Waals surface area contributed by atoms with Crippen LogP contribution in [0.15, 0.2) is 23.7 Å². The van der Waals surface area contributed by atoms with Crippen molar-refractivity contribution in [3.05, 3.63) is 39.8 Å². The predicted molar refractivity (Wildman–Crippen MR) is 70.1 cm³/mol. The lowest BCUT2D eigenvalue weighted by molar-refractivity contribution is 0.0695. The molecule has 0 saturated carbocycles. The second-order valence-corrected chi connectivity index (χ2v) is 4.86. The van der Waals surface area contributed by atoms with Crippen molar-refractivity contribution < 1.29 is 9.90 Å². The van der Waals surface area contributed by atoms with Gasteiger partial charge in [0, 0.05) is 11.1 Å². The van der Waals surface area contributed by atoms with Gasteiger partial charge in [-0.2, -0.15) is 0 Å². The smallest absolute Gasteiger partial charge is 0.339 e. The van der Waals surface area contributed by atoms with Crippen LogP contribution in [0.4, 0.5) is 5.95 Å². The number of nitrogens with one attached hydrogen (secondary N) is 1. The molecule has 0 radical (unpaired) electrons. The fourth-order valence-corrected chi connectivity index (χ4v) is 2.28. The highest BCUT2D eigenvalue weighted by molar-refractivity contribution is 7.10. The lowest BCUT2D eigenvalue weighted by Gasteiger charge is -2.12. The highest BCUT2D eigenvalue weighted by Gasteiger charge is 2.12. The molecule has 0 aliphatic heterocycles. The van der Waals surface area contributed by atoms with E-state index in [0.29, 0.717) is 11.6 Å². The summed E-state index contributed by atoms with van der Waals surface area (Å²) in [6, 6.07) is 4.11. The van der Waals surface area contributed by atoms with Crippen molar-refractivity contribution in [1.82, 2.24) is 9.97 Å². The van der Waals surface area contributed by atoms with E-state index in [2.05, 4.69) is 15.3 Å². The number of aryl methyl sites for hydroxylation is 1. The van der Waals surface area contributed by atoms with Crippen LogP contribution in [0, 0.1) is 6.92 Å². The molecular weight excluding hydrogens is 250 g/mol. The standard InChI is InChI=1S/C12H13N3O2S/c1-7-9(11(16)17)6-13-12(14-7)15-8(2)10-4-3-5-18-10/h3-6,8H,1-2H3,(H,16,17)(H,13,14,15). The minimum absolute atomic E-state index is 0.0973. The van der Waals surface area contributed by atoms with Gasteiger partial charge < -0.3 is 10.4 Å². The van der Waals surface area contributed by atoms with Gasteiger partial charge in [0.05, 0.1) is 17.3 Å². The summed E-state index contributed by atoms with van der Waals surface area (Å²) in [7, 11) is 0. The van der Waals surface area contributed by atoms with E-state index >= 15 is 0 Å². The Kier molecular flexibility index (Phi) is 3.57. The summed E-state index contributed by atoms with van der Waals surface area (Å²) in [4.78, 5) is 20.2. The van der Waals surface area contributed by atoms with Gasteiger partial charge in [0.15, 0.2) is 0 Å². The van der Waals surface area contributed by atoms with Crippen LogP contribution in [0.3, 0.4) is 0 Å². The highest BCUT2D eigenvalue weighted by atomic mass is 32.1. The molecule has 0 aliphatic rings. The first kappa shape index (κ1) is 12.5. The maximum atomic E-state index is 10.8. The molecule has 0 bridgehead atoms. The van der Waals surface area contributed by atoms with Gasteiger partial charge in [-0.15, -0.1) is 11.3 Å². The van der Waals surface area contributed by atoms with Crippen molar-refractivity contribution in [1.29, 1.82) is 0 Å². The average Bonchev–Trinajstić information content (AvgIpc) is 2.81. The van der Waals surface area contributed by atoms with E-state index in [4.69, 9.17) is 5.11 Å². The van der Waals surface area contributed by atoms with Crippen molar-refractivity contribution >= 4 is 23.3 Å². The number of hydrogen-bond donors (Lipinski definition) is 2. The average molecular weight is 263 g/mol. The lowest BCUT2D eigenvalue weighted by atomic mass is 10.2. The Morgan fingerprint density at radius 2 is 2.33 bits per heavy atom. The van der Waals surface area contributed by atoms with Crippen molar-refractivity contribution in [2.45, 2.75) is 19.9 Å². The molecular formula is C12H13N3O2S. The van der Waals surface area contributed by atoms with Crippen LogP contribution < -0.4 is 5.32 Å². The molecule has 0 fully saturated rings. The van der Waals surface area contributed by atoms with Gasteiger partial charge in [-0.25, -0.2) is 14.8 Å². The lowest BCUT2D eigenvalue weighted by Crippen LogP contribution is -2.11. The summed E-state index contributed by atoms with van der Waals surface area (Å²) in [6.45, 7) is 3.67. The summed E-state index contributed by atoms with van der Waals surface area (Å²) in [5, 5.41) is 14.0. The van der Waals surface area contributed by atoms with Crippen LogP contribution in [0.2, 0.25) is 0 Å². The van der Waals surface area contributed by atoms with Gasteiger partial charge in [-0.1, -0.05) is 6.07 Å². The molecule has 2 N–H and O–H groups in total. The van der Waals surface area contributed by atoms with Crippen LogP contribution in [-0.4, -0.2) is 21.0 Å². The number of anilines is 1. The zero-order chi connectivity index (χ0) is 13.1. The third kappa shape index (κ3) is 2.65. The molecule has 2 aromatic heterocycles. The Morgan fingerprint density at radius 3 is 2.89 bits per heavy atom. The normalized spacial score (nSPS) is 12.1. The van der Waals surface area contributed by atoms with Crippen molar-refractivity contribution in [2.75, 3.05) is 5.32 Å². The first-order valence-corrected chi connectivity index (χ1v) is 6.32. The molecule has 18 heavy (non-hydrogen) atoms. The monoisotopic (exact) mass is 263 g/mol. The number of nitrogens with zero attached hydrogens (tertiary/aromatic N) is 2. The Bertz CT molecular complexity index is 554. The van der Waals surface area contributed by atoms with Crippen LogP contribution in [0.25, 0.3) is 0 Å². The molecule has 94 valence electrons. The number of carboxylic acids is 1. The number of carbonyl (C=O) groups is 1. The fraction of sp³-hybridized carbons (Fsp3) is 0.250. The molecule has 6 heteroatoms. The third-order valence-electron chi connectivity index (χ3n) is 2.53. The molecule has 1 unspecified atom stereocenters. The van der Waals surface area contributed by atoms with Crippen LogP contribution in [-0.2, 0) is 0 Å². The minimum Gasteiger partial charge on any atom is -0.478 e. The van der Waals surface area contributed by atoms with Crippen molar-refractivity contribution in [2.24, 2.45) is 0 Å². The van der Waals surface area contributed by atoms with Gasteiger partial charge in [0.1, 0.15) is 0 Å². The first-order valence-electron chi connectivity index (χ1n) is 5.45. The van der Waals surface area contributed by atoms with E-state index in [0.717, 1.165) is 0 Å². The van der Waals surface area contributed by atoms with Crippen LogP contribution >= 0.6 is 11.3 Å². The predicted octanol–water partition coefficient (Wildman–Crippen LogP) is 2.72. The molecule has 2 rings (SSSR count). The molecule has 0 saturated heterocycles. The molecule has 5 nitrogen and oxygen atoms in total. The Labute approximate surface area is 109 Å². The Morgan fingerprint density at radius 1 is 1.56 bits per heavy atom. The Hall–Kier alpha value is -1.95. The summed E-state index contributed by atoms with van der Waals surface area (Å²) in [6.07, 6.45) is 1.33. The van der Waals surface area contributed by atoms with Gasteiger partial charge in [-0.05, 0) is 25.3 Å². The van der Waals surface area contributed by atoms with E-state index in [1.54, 1.807) is 18.3 Å². The number of rotatable bonds is 4. The van der Waals surface area contributed by atoms with E-state index in [1.165, 1.54) is 11.1 Å². The maximum Gasteiger partial charge on any atom is 0.339 e. The van der Waals surface area contributed by atoms with Crippen molar-refractivity contribution in [3.8, 4) is 0 Å². The maximum absolute atomic E-state index is 10.8. The van der Waals surface area contributed by atoms with Gasteiger partial charge in [-0.3, -0.25) is 0 Å². The topological polar surface area (TPSA) is 75.1 Å². The summed E-state index contributed by atoms with van der Waals surface area (Å²) in [5.74, 6) is -0.566. The Balaban J connectivity index is 2.15. The summed E-state index contributed by atoms with van der Waals surface area (Å²) in [5.41, 5.74) is 0.586. The van der Waals surface area contributed by atoms with Crippen LogP contribution in [0.1, 0.15) is 33.9 Å². The summed E-state index contributed by atoms with van der Waals surface area (Å²) >= 11 is 1.65. The third-order valence-corrected chi connectivity index (χ3v) is 3.58. The quantitative estimate of drug-likeness (QED) is 0.887. The highest BCUT2D eigenvalue weighted by Crippen LogP contribution is 2.21. The molecule has 1 atom stereocenters. The van der Waals surface area contributed by atoms with Crippen molar-refractivity contribution in [3.63, 3.8) is 0 Å². The van der Waals surface area contributed by atoms with E-state index in [9.17, 15) is 4.79 Å². The van der Waals surface area contributed by atoms with E-state index < -0.39 is 5.97 Å². The van der Waals surface area contributed by atoms with Gasteiger partial charge >= 0.3 is 5.97 Å². The zero-order valence-corrected chi connectivity index (χ0v) is 10.9. The largest absolute Gasteiger partial charge is 0.478 e. The number of aromatic carboxylic acids is 1. The number of thiophene rings is 1. The fourth-order valence-electron chi connectivity index (χ4n) is 1.55. The SMILES string of the molecule is Cc1nc(NC(C)c2cccs2)ncc1C(=O)O. The summed E-state index contributed by atoms with van der Waals surface area (Å²) < 4.78 is 0. The molecule has 0 amide bonds. The number of aromatic nitrogens is 2. The molecule has 0 aliphatic carbocycles. The second kappa shape index (κ2) is 5.14. The van der Waals surface area contributed by atoms with E-state index in [-0.39, 0.29) is 11.6 Å². The molecule has 0 spiro atoms. The first-order chi connectivity index (χ1) is 8.58. The number of carboxylic acid groups (broad SMARTS) is 1. The number of hydrogen-bond acceptors (Lipinski definition) is 5. The van der Waals surface area contributed by atoms with Crippen LogP contribution in [0.5, 0.6) is 0 Å². The van der Waals surface area contributed by atoms with Gasteiger partial charge in [0.2, 0.25) is 5.95 Å². The van der Waals surface area contributed by atoms with E-state index in [1.807, 2.05) is 24.4 Å². The molecule has 2 heterocycles. The minimum atomic E-state index is -1.01. The molecule has 0 aromatic carbocycles. The second-order valence-electron chi connectivity index (χ2n) is 3.88. The van der Waals surface area contributed by atoms with Gasteiger partial charge in [0.25, 0.3) is 0 Å². The zero-order valence-electron chi connectivity index (χ0n) is 10.0. The molecule has 2 aromatic rings.